The van der Waals surface area contributed by atoms with Gasteiger partial charge in [-0.15, -0.1) is 0 Å². The maximum atomic E-state index is 5.68. The predicted molar refractivity (Wildman–Crippen MR) is 76.0 cm³/mol. The SMILES string of the molecule is CCOC(CCOc1ccc(Br)c(C)c1)OCC. The molecule has 0 bridgehead atoms. The van der Waals surface area contributed by atoms with E-state index in [1.807, 2.05) is 39.0 Å². The van der Waals surface area contributed by atoms with Crippen LogP contribution in [0.1, 0.15) is 25.8 Å². The molecule has 0 saturated carbocycles. The van der Waals surface area contributed by atoms with E-state index in [0.717, 1.165) is 16.6 Å². The van der Waals surface area contributed by atoms with Gasteiger partial charge in [0.1, 0.15) is 5.75 Å². The first-order chi connectivity index (χ1) is 8.67. The highest BCUT2D eigenvalue weighted by atomic mass is 79.9. The minimum Gasteiger partial charge on any atom is -0.493 e. The maximum Gasteiger partial charge on any atom is 0.160 e. The van der Waals surface area contributed by atoms with Gasteiger partial charge < -0.3 is 14.2 Å². The van der Waals surface area contributed by atoms with Gasteiger partial charge in [0.15, 0.2) is 6.29 Å². The smallest absolute Gasteiger partial charge is 0.160 e. The minimum absolute atomic E-state index is 0.170. The number of hydrogen-bond donors (Lipinski definition) is 0. The van der Waals surface area contributed by atoms with E-state index in [-0.39, 0.29) is 6.29 Å². The van der Waals surface area contributed by atoms with Crippen LogP contribution in [0.2, 0.25) is 0 Å². The van der Waals surface area contributed by atoms with Crippen LogP contribution in [-0.2, 0) is 9.47 Å². The number of hydrogen-bond acceptors (Lipinski definition) is 3. The Morgan fingerprint density at radius 3 is 2.39 bits per heavy atom. The van der Waals surface area contributed by atoms with Crippen LogP contribution >= 0.6 is 15.9 Å². The number of rotatable bonds is 8. The third kappa shape index (κ3) is 5.38. The van der Waals surface area contributed by atoms with Gasteiger partial charge in [-0.25, -0.2) is 0 Å². The Kier molecular flexibility index (Phi) is 7.32. The lowest BCUT2D eigenvalue weighted by Crippen LogP contribution is -2.20. The highest BCUT2D eigenvalue weighted by Gasteiger charge is 2.08. The van der Waals surface area contributed by atoms with Gasteiger partial charge in [0, 0.05) is 24.1 Å². The summed E-state index contributed by atoms with van der Waals surface area (Å²) in [5, 5.41) is 0. The zero-order valence-corrected chi connectivity index (χ0v) is 12.8. The van der Waals surface area contributed by atoms with E-state index in [4.69, 9.17) is 14.2 Å². The molecule has 0 fully saturated rings. The number of aryl methyl sites for hydroxylation is 1. The molecule has 102 valence electrons. The fourth-order valence-electron chi connectivity index (χ4n) is 1.57. The highest BCUT2D eigenvalue weighted by molar-refractivity contribution is 9.10. The average Bonchev–Trinajstić information content (AvgIpc) is 2.34. The molecule has 0 unspecified atom stereocenters. The predicted octanol–water partition coefficient (Wildman–Crippen LogP) is 3.93. The van der Waals surface area contributed by atoms with Crippen molar-refractivity contribution in [1.82, 2.24) is 0 Å². The lowest BCUT2D eigenvalue weighted by Gasteiger charge is -2.17. The summed E-state index contributed by atoms with van der Waals surface area (Å²) in [6.45, 7) is 7.87. The van der Waals surface area contributed by atoms with Crippen molar-refractivity contribution in [2.75, 3.05) is 19.8 Å². The minimum atomic E-state index is -0.170. The number of benzene rings is 1. The Hall–Kier alpha value is -0.580. The van der Waals surface area contributed by atoms with Gasteiger partial charge in [-0.1, -0.05) is 15.9 Å². The second kappa shape index (κ2) is 8.51. The van der Waals surface area contributed by atoms with Crippen molar-refractivity contribution >= 4 is 15.9 Å². The van der Waals surface area contributed by atoms with Gasteiger partial charge in [0.05, 0.1) is 6.61 Å². The van der Waals surface area contributed by atoms with Gasteiger partial charge >= 0.3 is 0 Å². The molecular weight excluding hydrogens is 296 g/mol. The van der Waals surface area contributed by atoms with Crippen LogP contribution in [0.3, 0.4) is 0 Å². The van der Waals surface area contributed by atoms with E-state index in [1.54, 1.807) is 0 Å². The van der Waals surface area contributed by atoms with E-state index in [9.17, 15) is 0 Å². The molecule has 1 rings (SSSR count). The summed E-state index contributed by atoms with van der Waals surface area (Å²) in [5.74, 6) is 0.877. The van der Waals surface area contributed by atoms with E-state index < -0.39 is 0 Å². The Morgan fingerprint density at radius 1 is 1.17 bits per heavy atom. The summed E-state index contributed by atoms with van der Waals surface area (Å²) in [4.78, 5) is 0. The number of halogens is 1. The first-order valence-corrected chi connectivity index (χ1v) is 7.08. The largest absolute Gasteiger partial charge is 0.493 e. The van der Waals surface area contributed by atoms with Crippen LogP contribution in [0.4, 0.5) is 0 Å². The molecule has 0 aliphatic carbocycles. The molecule has 0 saturated heterocycles. The Balaban J connectivity index is 2.37. The average molecular weight is 317 g/mol. The topological polar surface area (TPSA) is 27.7 Å². The van der Waals surface area contributed by atoms with Crippen LogP contribution in [0.5, 0.6) is 5.75 Å². The van der Waals surface area contributed by atoms with Crippen molar-refractivity contribution in [3.8, 4) is 5.75 Å². The van der Waals surface area contributed by atoms with Crippen molar-refractivity contribution in [3.05, 3.63) is 28.2 Å². The van der Waals surface area contributed by atoms with Gasteiger partial charge in [-0.05, 0) is 44.5 Å². The standard InChI is InChI=1S/C14H21BrO3/c1-4-16-14(17-5-2)8-9-18-12-6-7-13(15)11(3)10-12/h6-7,10,14H,4-5,8-9H2,1-3H3. The molecule has 0 radical (unpaired) electrons. The van der Waals surface area contributed by atoms with Crippen molar-refractivity contribution in [2.45, 2.75) is 33.5 Å². The van der Waals surface area contributed by atoms with Gasteiger partial charge in [-0.3, -0.25) is 0 Å². The van der Waals surface area contributed by atoms with Crippen molar-refractivity contribution in [3.63, 3.8) is 0 Å². The molecule has 0 atom stereocenters. The molecule has 0 heterocycles. The zero-order chi connectivity index (χ0) is 13.4. The summed E-state index contributed by atoms with van der Waals surface area (Å²) < 4.78 is 17.7. The summed E-state index contributed by atoms with van der Waals surface area (Å²) in [6, 6.07) is 5.96. The Morgan fingerprint density at radius 2 is 1.83 bits per heavy atom. The molecule has 1 aromatic rings. The van der Waals surface area contributed by atoms with Crippen molar-refractivity contribution in [2.24, 2.45) is 0 Å². The third-order valence-corrected chi connectivity index (χ3v) is 3.35. The van der Waals surface area contributed by atoms with Crippen LogP contribution in [-0.4, -0.2) is 26.1 Å². The summed E-state index contributed by atoms with van der Waals surface area (Å²) in [5.41, 5.74) is 1.17. The summed E-state index contributed by atoms with van der Waals surface area (Å²) in [6.07, 6.45) is 0.563. The highest BCUT2D eigenvalue weighted by Crippen LogP contribution is 2.21. The molecule has 0 aliphatic heterocycles. The van der Waals surface area contributed by atoms with Gasteiger partial charge in [0.2, 0.25) is 0 Å². The van der Waals surface area contributed by atoms with Crippen LogP contribution in [0.25, 0.3) is 0 Å². The first-order valence-electron chi connectivity index (χ1n) is 6.29. The van der Waals surface area contributed by atoms with E-state index in [1.165, 1.54) is 5.56 Å². The molecule has 0 amide bonds. The normalized spacial score (nSPS) is 10.9. The Labute approximate surface area is 118 Å². The quantitative estimate of drug-likeness (QED) is 0.680. The molecule has 0 aromatic heterocycles. The Bertz CT molecular complexity index is 349. The molecule has 3 nitrogen and oxygen atoms in total. The van der Waals surface area contributed by atoms with Crippen LogP contribution < -0.4 is 4.74 Å². The van der Waals surface area contributed by atoms with Gasteiger partial charge in [0.25, 0.3) is 0 Å². The molecule has 0 aliphatic rings. The molecular formula is C14H21BrO3. The lowest BCUT2D eigenvalue weighted by atomic mass is 10.2. The van der Waals surface area contributed by atoms with Crippen molar-refractivity contribution in [1.29, 1.82) is 0 Å². The second-order valence-electron chi connectivity index (χ2n) is 3.89. The fourth-order valence-corrected chi connectivity index (χ4v) is 1.81. The van der Waals surface area contributed by atoms with Crippen LogP contribution in [0, 0.1) is 6.92 Å². The molecule has 1 aromatic carbocycles. The van der Waals surface area contributed by atoms with Crippen LogP contribution in [0.15, 0.2) is 22.7 Å². The number of ether oxygens (including phenoxy) is 3. The molecule has 0 spiro atoms. The third-order valence-electron chi connectivity index (χ3n) is 2.46. The monoisotopic (exact) mass is 316 g/mol. The first kappa shape index (κ1) is 15.5. The lowest BCUT2D eigenvalue weighted by molar-refractivity contribution is -0.142. The van der Waals surface area contributed by atoms with Crippen molar-refractivity contribution < 1.29 is 14.2 Å². The maximum absolute atomic E-state index is 5.68. The summed E-state index contributed by atoms with van der Waals surface area (Å²) >= 11 is 3.47. The van der Waals surface area contributed by atoms with E-state index >= 15 is 0 Å². The van der Waals surface area contributed by atoms with E-state index in [0.29, 0.717) is 19.8 Å². The van der Waals surface area contributed by atoms with Gasteiger partial charge in [-0.2, -0.15) is 0 Å². The van der Waals surface area contributed by atoms with E-state index in [2.05, 4.69) is 15.9 Å². The summed E-state index contributed by atoms with van der Waals surface area (Å²) in [7, 11) is 0. The molecule has 0 N–H and O–H groups in total. The fraction of sp³-hybridized carbons (Fsp3) is 0.571. The zero-order valence-electron chi connectivity index (χ0n) is 11.2. The second-order valence-corrected chi connectivity index (χ2v) is 4.74. The molecule has 4 heteroatoms. The molecule has 18 heavy (non-hydrogen) atoms.